The Morgan fingerprint density at radius 1 is 1.25 bits per heavy atom. The maximum atomic E-state index is 14.4. The van der Waals surface area contributed by atoms with Crippen LogP contribution in [0, 0.1) is 5.82 Å². The molecule has 0 aliphatic heterocycles. The van der Waals surface area contributed by atoms with E-state index in [9.17, 15) is 8.78 Å². The van der Waals surface area contributed by atoms with E-state index < -0.39 is 5.97 Å². The Morgan fingerprint density at radius 3 is 2.62 bits per heavy atom. The molecule has 5 heteroatoms. The number of anilines is 1. The zero-order valence-electron chi connectivity index (χ0n) is 14.0. The summed E-state index contributed by atoms with van der Waals surface area (Å²) in [4.78, 5) is 3.74. The third-order valence-electron chi connectivity index (χ3n) is 3.65. The molecule has 1 atom stereocenters. The number of halogens is 2. The van der Waals surface area contributed by atoms with Crippen LogP contribution < -0.4 is 21.1 Å². The number of hydrogen-bond donors (Lipinski definition) is 1. The lowest BCUT2D eigenvalue weighted by atomic mass is 10.0. The molecule has 0 saturated heterocycles. The van der Waals surface area contributed by atoms with Crippen molar-refractivity contribution in [3.8, 4) is 11.1 Å². The second kappa shape index (κ2) is 8.16. The molecule has 0 fully saturated rings. The van der Waals surface area contributed by atoms with Gasteiger partial charge in [-0.25, -0.2) is 9.38 Å². The van der Waals surface area contributed by atoms with Crippen molar-refractivity contribution in [3.05, 3.63) is 46.6 Å². The first-order valence-corrected chi connectivity index (χ1v) is 8.32. The Kier molecular flexibility index (Phi) is 6.22. The van der Waals surface area contributed by atoms with E-state index in [-0.39, 0.29) is 5.82 Å². The van der Waals surface area contributed by atoms with Crippen molar-refractivity contribution in [1.29, 1.82) is 0 Å². The quantitative estimate of drug-likeness (QED) is 0.666. The lowest BCUT2D eigenvalue weighted by Crippen LogP contribution is -2.24. The molecule has 24 heavy (non-hydrogen) atoms. The molecule has 0 bridgehead atoms. The molecule has 0 radical (unpaired) electrons. The zero-order valence-corrected chi connectivity index (χ0v) is 15.2. The van der Waals surface area contributed by atoms with E-state index in [1.165, 1.54) is 19.2 Å². The van der Waals surface area contributed by atoms with Crippen molar-refractivity contribution in [3.63, 3.8) is 0 Å². The fourth-order valence-corrected chi connectivity index (χ4v) is 3.06. The minimum atomic E-state index is -0.516. The molecular weight excluding hydrogens is 325 g/mol. The summed E-state index contributed by atoms with van der Waals surface area (Å²) in [5.41, 5.74) is 2.06. The molecule has 1 N–H and O–H groups in total. The highest BCUT2D eigenvalue weighted by Crippen LogP contribution is 2.24. The average molecular weight is 346 g/mol. The maximum Gasteiger partial charge on any atom is 0.185 e. The van der Waals surface area contributed by atoms with Gasteiger partial charge in [-0.1, -0.05) is 25.1 Å². The Bertz CT molecular complexity index is 885. The van der Waals surface area contributed by atoms with Gasteiger partial charge in [0.15, 0.2) is 5.97 Å². The number of nitrogens with zero attached hydrogens (tertiary/aromatic N) is 1. The SMILES string of the molecule is CC/C=c1\ccc(-c2c(F)ccc(NC)c2P)c\c1=C\N=C(C)F. The predicted molar refractivity (Wildman–Crippen MR) is 103 cm³/mol. The van der Waals surface area contributed by atoms with Crippen LogP contribution in [0.1, 0.15) is 20.3 Å². The molecule has 0 saturated carbocycles. The lowest BCUT2D eigenvalue weighted by molar-refractivity contribution is 0.632. The van der Waals surface area contributed by atoms with Crippen molar-refractivity contribution < 1.29 is 8.78 Å². The summed E-state index contributed by atoms with van der Waals surface area (Å²) in [7, 11) is 4.37. The molecule has 0 heterocycles. The van der Waals surface area contributed by atoms with Crippen LogP contribution in [-0.2, 0) is 0 Å². The number of rotatable bonds is 4. The summed E-state index contributed by atoms with van der Waals surface area (Å²) in [5, 5.41) is 5.50. The van der Waals surface area contributed by atoms with Gasteiger partial charge in [0.05, 0.1) is 0 Å². The van der Waals surface area contributed by atoms with Gasteiger partial charge in [0.2, 0.25) is 0 Å². The first-order valence-electron chi connectivity index (χ1n) is 7.74. The van der Waals surface area contributed by atoms with Gasteiger partial charge in [-0.3, -0.25) is 0 Å². The first kappa shape index (κ1) is 18.3. The molecule has 0 spiro atoms. The van der Waals surface area contributed by atoms with Crippen LogP contribution in [0.25, 0.3) is 23.4 Å². The monoisotopic (exact) mass is 346 g/mol. The standard InChI is InChI=1S/C19H21F2N2P/c1-4-5-13-6-7-14(10-15(13)11-23-12(2)20)18-16(21)8-9-17(22-3)19(18)24/h5-11,22H,4,24H2,1-3H3/b13-5+,15-11-,23-12?. The number of aliphatic imine (C=N–C) groups is 1. The Labute approximate surface area is 143 Å². The van der Waals surface area contributed by atoms with Crippen LogP contribution in [0.2, 0.25) is 0 Å². The average Bonchev–Trinajstić information content (AvgIpc) is 2.55. The predicted octanol–water partition coefficient (Wildman–Crippen LogP) is 3.35. The fraction of sp³-hybridized carbons (Fsp3) is 0.211. The number of nitrogens with one attached hydrogen (secondary N) is 1. The van der Waals surface area contributed by atoms with Crippen LogP contribution in [0.5, 0.6) is 0 Å². The molecule has 2 aromatic rings. The fourth-order valence-electron chi connectivity index (χ4n) is 2.51. The lowest BCUT2D eigenvalue weighted by Gasteiger charge is -2.12. The van der Waals surface area contributed by atoms with Crippen molar-refractivity contribution in [1.82, 2.24) is 0 Å². The van der Waals surface area contributed by atoms with E-state index in [1.54, 1.807) is 13.1 Å². The second-order valence-corrected chi connectivity index (χ2v) is 5.92. The first-order chi connectivity index (χ1) is 11.5. The minimum absolute atomic E-state index is 0.303. The Balaban J connectivity index is 2.75. The van der Waals surface area contributed by atoms with E-state index in [4.69, 9.17) is 0 Å². The molecule has 1 unspecified atom stereocenters. The van der Waals surface area contributed by atoms with Crippen LogP contribution in [0.15, 0.2) is 35.3 Å². The second-order valence-electron chi connectivity index (χ2n) is 5.34. The van der Waals surface area contributed by atoms with Gasteiger partial charge in [0.25, 0.3) is 0 Å². The summed E-state index contributed by atoms with van der Waals surface area (Å²) in [6.45, 7) is 3.32. The Morgan fingerprint density at radius 2 is 2.00 bits per heavy atom. The van der Waals surface area contributed by atoms with Crippen LogP contribution >= 0.6 is 9.24 Å². The molecule has 126 valence electrons. The molecule has 0 amide bonds. The zero-order chi connectivity index (χ0) is 17.7. The van der Waals surface area contributed by atoms with Gasteiger partial charge in [0, 0.05) is 41.9 Å². The van der Waals surface area contributed by atoms with Gasteiger partial charge in [-0.2, -0.15) is 4.39 Å². The summed E-state index contributed by atoms with van der Waals surface area (Å²) >= 11 is 0. The third-order valence-corrected chi connectivity index (χ3v) is 4.24. The molecule has 0 aromatic heterocycles. The van der Waals surface area contributed by atoms with Gasteiger partial charge in [0.1, 0.15) is 5.82 Å². The largest absolute Gasteiger partial charge is 0.388 e. The Hall–Kier alpha value is -2.06. The number of benzene rings is 2. The summed E-state index contributed by atoms with van der Waals surface area (Å²) < 4.78 is 27.4. The summed E-state index contributed by atoms with van der Waals surface area (Å²) in [6.07, 6.45) is 4.35. The molecular formula is C19H21F2N2P. The topological polar surface area (TPSA) is 24.4 Å². The van der Waals surface area contributed by atoms with Crippen molar-refractivity contribution in [2.75, 3.05) is 12.4 Å². The van der Waals surface area contributed by atoms with Crippen LogP contribution in [0.3, 0.4) is 0 Å². The molecule has 0 aliphatic carbocycles. The third kappa shape index (κ3) is 4.07. The van der Waals surface area contributed by atoms with E-state index in [0.717, 1.165) is 33.4 Å². The van der Waals surface area contributed by atoms with Gasteiger partial charge >= 0.3 is 0 Å². The highest BCUT2D eigenvalue weighted by Gasteiger charge is 2.11. The molecule has 0 aliphatic rings. The van der Waals surface area contributed by atoms with Crippen LogP contribution in [-0.4, -0.2) is 13.0 Å². The smallest absolute Gasteiger partial charge is 0.185 e. The van der Waals surface area contributed by atoms with Gasteiger partial charge in [-0.05, 0) is 35.4 Å². The maximum absolute atomic E-state index is 14.4. The highest BCUT2D eigenvalue weighted by molar-refractivity contribution is 7.28. The molecule has 2 rings (SSSR count). The van der Waals surface area contributed by atoms with E-state index in [1.807, 2.05) is 31.2 Å². The van der Waals surface area contributed by atoms with E-state index >= 15 is 0 Å². The van der Waals surface area contributed by atoms with Crippen molar-refractivity contribution in [2.24, 2.45) is 4.99 Å². The molecule has 2 nitrogen and oxygen atoms in total. The van der Waals surface area contributed by atoms with Crippen molar-refractivity contribution in [2.45, 2.75) is 20.3 Å². The summed E-state index contributed by atoms with van der Waals surface area (Å²) in [5.74, 6) is -0.819. The van der Waals surface area contributed by atoms with E-state index in [0.29, 0.717) is 5.56 Å². The van der Waals surface area contributed by atoms with Gasteiger partial charge in [-0.15, -0.1) is 9.24 Å². The molecule has 2 aromatic carbocycles. The normalized spacial score (nSPS) is 13.5. The van der Waals surface area contributed by atoms with Crippen molar-refractivity contribution >= 4 is 38.5 Å². The summed E-state index contributed by atoms with van der Waals surface area (Å²) in [6, 6.07) is 8.75. The van der Waals surface area contributed by atoms with Crippen LogP contribution in [0.4, 0.5) is 14.5 Å². The minimum Gasteiger partial charge on any atom is -0.388 e. The van der Waals surface area contributed by atoms with E-state index in [2.05, 4.69) is 19.5 Å². The number of hydrogen-bond acceptors (Lipinski definition) is 2. The van der Waals surface area contributed by atoms with Gasteiger partial charge < -0.3 is 5.32 Å². The highest BCUT2D eigenvalue weighted by atomic mass is 31.0.